The van der Waals surface area contributed by atoms with E-state index >= 15 is 0 Å². The molecule has 340 valence electrons. The van der Waals surface area contributed by atoms with Crippen LogP contribution in [0.1, 0.15) is 53.5 Å². The highest BCUT2D eigenvalue weighted by atomic mass is 35.5. The van der Waals surface area contributed by atoms with Crippen molar-refractivity contribution in [2.24, 2.45) is 0 Å². The van der Waals surface area contributed by atoms with Gasteiger partial charge in [-0.05, 0) is 72.3 Å². The summed E-state index contributed by atoms with van der Waals surface area (Å²) in [5, 5.41) is 25.1. The number of alkyl halides is 6. The Hall–Kier alpha value is -6.39. The third-order valence-electron chi connectivity index (χ3n) is 8.53. The molecule has 9 nitrogen and oxygen atoms in total. The van der Waals surface area contributed by atoms with Crippen molar-refractivity contribution in [2.75, 3.05) is 11.1 Å². The number of nitrogen functional groups attached to an aromatic ring is 1. The maximum absolute atomic E-state index is 13.5. The first-order chi connectivity index (χ1) is 29.8. The molecule has 0 saturated heterocycles. The molecule has 1 atom stereocenters. The number of carbonyl (C=O) groups is 1. The predicted octanol–water partition coefficient (Wildman–Crippen LogP) is 14.6. The normalized spacial score (nSPS) is 11.2. The predicted molar refractivity (Wildman–Crippen MR) is 247 cm³/mol. The summed E-state index contributed by atoms with van der Waals surface area (Å²) in [6, 6.07) is 28.3. The number of anilines is 2. The van der Waals surface area contributed by atoms with Crippen LogP contribution in [0.3, 0.4) is 0 Å². The molecule has 0 amide bonds. The van der Waals surface area contributed by atoms with Crippen LogP contribution in [0.4, 0.5) is 38.0 Å². The lowest BCUT2D eigenvalue weighted by atomic mass is 9.95. The Balaban J connectivity index is 0.000000270. The molecule has 0 aliphatic heterocycles. The standard InChI is InChI=1S/C22H14Cl2F3N3O.C9H7NO.C8H4ClF3O.C5H5ClN2.2CH4/c23-14-5-8-18(29-11-14)30-19(13-4-7-17(24)16(10-13)22(25,26)27)15-6-3-12-2-1-9-28-20(12)21(15)31;11-8-5-1-3-7-4-2-6-10-9(7)8;9-7-2-1-5(4-13)3-6(7)8(10,11)12;6-4-1-2-5(7)8-3-4;;/h1-11,19,31H,(H,29,30);1-6,11H;1-4H;1-3H,(H2,7,8);2*1H4. The molecular formula is C46H38Cl4F6N6O3. The Morgan fingerprint density at radius 2 is 1.17 bits per heavy atom. The number of aromatic nitrogens is 4. The molecule has 0 saturated carbocycles. The number of benzene rings is 4. The van der Waals surface area contributed by atoms with E-state index in [0.717, 1.165) is 23.6 Å². The summed E-state index contributed by atoms with van der Waals surface area (Å²) in [6.45, 7) is 0. The van der Waals surface area contributed by atoms with E-state index in [1.807, 2.05) is 18.2 Å². The van der Waals surface area contributed by atoms with Crippen molar-refractivity contribution in [3.05, 3.63) is 188 Å². The number of halogens is 10. The first-order valence-electron chi connectivity index (χ1n) is 17.9. The molecule has 0 aliphatic carbocycles. The number of rotatable bonds is 5. The largest absolute Gasteiger partial charge is 0.506 e. The van der Waals surface area contributed by atoms with Gasteiger partial charge in [-0.15, -0.1) is 0 Å². The van der Waals surface area contributed by atoms with Crippen molar-refractivity contribution in [1.29, 1.82) is 0 Å². The summed E-state index contributed by atoms with van der Waals surface area (Å²) in [4.78, 5) is 26.3. The molecule has 5 N–H and O–H groups in total. The van der Waals surface area contributed by atoms with Crippen LogP contribution in [-0.4, -0.2) is 36.4 Å². The first-order valence-corrected chi connectivity index (χ1v) is 19.4. The SMILES string of the molecule is C.C.Nc1ccc(Cl)cn1.O=Cc1ccc(Cl)c(C(F)(F)F)c1.Oc1c(C(Nc2ccc(Cl)cn2)c2ccc(Cl)c(C(F)(F)F)c2)ccc2cccnc12.Oc1cccc2cccnc12. The minimum absolute atomic E-state index is 0. The van der Waals surface area contributed by atoms with E-state index in [1.54, 1.807) is 66.9 Å². The van der Waals surface area contributed by atoms with Crippen LogP contribution < -0.4 is 11.1 Å². The van der Waals surface area contributed by atoms with Gasteiger partial charge in [-0.25, -0.2) is 9.97 Å². The zero-order valence-corrected chi connectivity index (χ0v) is 34.9. The van der Waals surface area contributed by atoms with Crippen LogP contribution in [0.15, 0.2) is 140 Å². The number of nitrogens with one attached hydrogen (secondary N) is 1. The molecule has 19 heteroatoms. The Kier molecular flexibility index (Phi) is 19.2. The summed E-state index contributed by atoms with van der Waals surface area (Å²) in [6.07, 6.45) is -2.70. The van der Waals surface area contributed by atoms with Crippen molar-refractivity contribution >= 4 is 86.1 Å². The van der Waals surface area contributed by atoms with Gasteiger partial charge in [0.25, 0.3) is 0 Å². The van der Waals surface area contributed by atoms with E-state index in [-0.39, 0.29) is 37.5 Å². The number of fused-ring (bicyclic) bond motifs is 2. The number of nitrogens with two attached hydrogens (primary N) is 1. The number of para-hydroxylation sites is 1. The van der Waals surface area contributed by atoms with Crippen LogP contribution in [0.5, 0.6) is 11.5 Å². The van der Waals surface area contributed by atoms with Crippen LogP contribution in [0, 0.1) is 0 Å². The van der Waals surface area contributed by atoms with E-state index in [2.05, 4.69) is 25.3 Å². The van der Waals surface area contributed by atoms with Gasteiger partial charge in [0.05, 0.1) is 37.3 Å². The van der Waals surface area contributed by atoms with Gasteiger partial charge in [0.1, 0.15) is 40.5 Å². The number of aldehydes is 1. The highest BCUT2D eigenvalue weighted by molar-refractivity contribution is 6.32. The number of aromatic hydroxyl groups is 2. The molecule has 0 aliphatic rings. The Bertz CT molecular complexity index is 2790. The molecule has 65 heavy (non-hydrogen) atoms. The molecule has 8 aromatic rings. The minimum Gasteiger partial charge on any atom is -0.506 e. The number of phenols is 2. The summed E-state index contributed by atoms with van der Waals surface area (Å²) >= 11 is 22.5. The topological polar surface area (TPSA) is 147 Å². The monoisotopic (exact) mass is 976 g/mol. The third-order valence-corrected chi connectivity index (χ3v) is 9.64. The average Bonchev–Trinajstić information content (AvgIpc) is 3.25. The number of nitrogens with zero attached hydrogens (tertiary/aromatic N) is 4. The maximum atomic E-state index is 13.5. The van der Waals surface area contributed by atoms with Crippen molar-refractivity contribution in [3.8, 4) is 11.5 Å². The van der Waals surface area contributed by atoms with Crippen LogP contribution in [-0.2, 0) is 12.4 Å². The fourth-order valence-electron chi connectivity index (χ4n) is 5.58. The molecule has 0 radical (unpaired) electrons. The van der Waals surface area contributed by atoms with Crippen LogP contribution in [0.2, 0.25) is 20.1 Å². The number of phenolic OH excluding ortho intramolecular Hbond substituents is 2. The molecule has 4 aromatic heterocycles. The fraction of sp³-hybridized carbons (Fsp3) is 0.109. The lowest BCUT2D eigenvalue weighted by Crippen LogP contribution is -2.15. The Labute approximate surface area is 389 Å². The fourth-order valence-corrected chi connectivity index (χ4v) is 6.25. The molecule has 4 aromatic carbocycles. The van der Waals surface area contributed by atoms with Gasteiger partial charge < -0.3 is 21.3 Å². The van der Waals surface area contributed by atoms with Gasteiger partial charge in [-0.2, -0.15) is 26.3 Å². The van der Waals surface area contributed by atoms with Gasteiger partial charge >= 0.3 is 12.4 Å². The van der Waals surface area contributed by atoms with Crippen molar-refractivity contribution < 1.29 is 41.4 Å². The molecular weight excluding hydrogens is 940 g/mol. The zero-order chi connectivity index (χ0) is 45.9. The molecule has 1 unspecified atom stereocenters. The zero-order valence-electron chi connectivity index (χ0n) is 31.9. The Morgan fingerprint density at radius 3 is 1.71 bits per heavy atom. The minimum atomic E-state index is -4.64. The highest BCUT2D eigenvalue weighted by Crippen LogP contribution is 2.41. The van der Waals surface area contributed by atoms with Gasteiger partial charge in [0.2, 0.25) is 0 Å². The molecule has 0 bridgehead atoms. The Morgan fingerprint density at radius 1 is 0.615 bits per heavy atom. The maximum Gasteiger partial charge on any atom is 0.417 e. The van der Waals surface area contributed by atoms with Crippen molar-refractivity contribution in [2.45, 2.75) is 33.2 Å². The van der Waals surface area contributed by atoms with Gasteiger partial charge in [0, 0.05) is 46.7 Å². The van der Waals surface area contributed by atoms with Gasteiger partial charge in [-0.1, -0.05) is 110 Å². The second kappa shape index (κ2) is 23.5. The van der Waals surface area contributed by atoms with Gasteiger partial charge in [0.15, 0.2) is 0 Å². The summed E-state index contributed by atoms with van der Waals surface area (Å²) in [5.41, 5.74) is 4.82. The van der Waals surface area contributed by atoms with E-state index in [1.165, 1.54) is 36.8 Å². The van der Waals surface area contributed by atoms with E-state index in [0.29, 0.717) is 50.0 Å². The second-order valence-electron chi connectivity index (χ2n) is 12.9. The number of carbonyl (C=O) groups excluding carboxylic acids is 1. The molecule has 0 spiro atoms. The van der Waals surface area contributed by atoms with Crippen molar-refractivity contribution in [3.63, 3.8) is 0 Å². The van der Waals surface area contributed by atoms with Crippen LogP contribution >= 0.6 is 46.4 Å². The van der Waals surface area contributed by atoms with Crippen LogP contribution in [0.25, 0.3) is 21.8 Å². The summed E-state index contributed by atoms with van der Waals surface area (Å²) in [7, 11) is 0. The van der Waals surface area contributed by atoms with Gasteiger partial charge in [-0.3, -0.25) is 14.8 Å². The van der Waals surface area contributed by atoms with E-state index < -0.39 is 39.6 Å². The molecule has 0 fully saturated rings. The van der Waals surface area contributed by atoms with E-state index in [4.69, 9.17) is 52.1 Å². The highest BCUT2D eigenvalue weighted by Gasteiger charge is 2.35. The van der Waals surface area contributed by atoms with E-state index in [9.17, 15) is 41.4 Å². The number of pyridine rings is 4. The summed E-state index contributed by atoms with van der Waals surface area (Å²) in [5.74, 6) is 0.948. The summed E-state index contributed by atoms with van der Waals surface area (Å²) < 4.78 is 76.9. The molecule has 8 rings (SSSR count). The average molecular weight is 979 g/mol. The third kappa shape index (κ3) is 14.6. The first kappa shape index (κ1) is 53.0. The smallest absolute Gasteiger partial charge is 0.417 e. The number of hydrogen-bond donors (Lipinski definition) is 4. The molecule has 4 heterocycles. The lowest BCUT2D eigenvalue weighted by molar-refractivity contribution is -0.138. The quantitative estimate of drug-likeness (QED) is 0.0977. The second-order valence-corrected chi connectivity index (χ2v) is 14.6. The number of hydrogen-bond acceptors (Lipinski definition) is 9. The lowest BCUT2D eigenvalue weighted by Gasteiger charge is -2.23. The van der Waals surface area contributed by atoms with Crippen molar-refractivity contribution in [1.82, 2.24) is 19.9 Å².